The summed E-state index contributed by atoms with van der Waals surface area (Å²) in [5.41, 5.74) is 5.75. The third-order valence-electron chi connectivity index (χ3n) is 3.60. The molecule has 0 saturated heterocycles. The fourth-order valence-corrected chi connectivity index (χ4v) is 2.32. The highest BCUT2D eigenvalue weighted by Gasteiger charge is 2.38. The van der Waals surface area contributed by atoms with E-state index in [1.165, 1.54) is 17.5 Å². The maximum absolute atomic E-state index is 5.62. The van der Waals surface area contributed by atoms with Crippen molar-refractivity contribution in [1.82, 2.24) is 5.43 Å². The van der Waals surface area contributed by atoms with Gasteiger partial charge in [-0.15, -0.1) is 0 Å². The van der Waals surface area contributed by atoms with Gasteiger partial charge >= 0.3 is 0 Å². The minimum Gasteiger partial charge on any atom is -0.271 e. The van der Waals surface area contributed by atoms with E-state index >= 15 is 0 Å². The number of hydrogen-bond acceptors (Lipinski definition) is 2. The van der Waals surface area contributed by atoms with Gasteiger partial charge in [-0.3, -0.25) is 11.3 Å². The van der Waals surface area contributed by atoms with Gasteiger partial charge in [0.15, 0.2) is 0 Å². The van der Waals surface area contributed by atoms with Crippen LogP contribution in [0.4, 0.5) is 0 Å². The molecule has 1 fully saturated rings. The molecule has 3 atom stereocenters. The SMILES string of the molecule is Cc1ccccc1CC(NN)C1CC1C. The van der Waals surface area contributed by atoms with E-state index in [-0.39, 0.29) is 0 Å². The average molecular weight is 204 g/mol. The number of rotatable bonds is 4. The molecule has 82 valence electrons. The van der Waals surface area contributed by atoms with Gasteiger partial charge in [-0.05, 0) is 42.7 Å². The van der Waals surface area contributed by atoms with Gasteiger partial charge < -0.3 is 0 Å². The molecule has 1 aromatic carbocycles. The molecular formula is C13H20N2. The molecule has 2 rings (SSSR count). The Morgan fingerprint density at radius 2 is 2.13 bits per heavy atom. The van der Waals surface area contributed by atoms with Gasteiger partial charge in [0.05, 0.1) is 0 Å². The van der Waals surface area contributed by atoms with Crippen LogP contribution in [0.5, 0.6) is 0 Å². The molecule has 15 heavy (non-hydrogen) atoms. The molecule has 1 aromatic rings. The predicted octanol–water partition coefficient (Wildman–Crippen LogP) is 2.03. The number of hydrogen-bond donors (Lipinski definition) is 2. The molecule has 3 unspecified atom stereocenters. The Morgan fingerprint density at radius 3 is 2.67 bits per heavy atom. The van der Waals surface area contributed by atoms with E-state index in [0.717, 1.165) is 18.3 Å². The Hall–Kier alpha value is -0.860. The molecule has 2 heteroatoms. The number of nitrogens with one attached hydrogen (secondary N) is 1. The first kappa shape index (κ1) is 10.7. The Bertz CT molecular complexity index is 335. The monoisotopic (exact) mass is 204 g/mol. The molecule has 0 heterocycles. The Kier molecular flexibility index (Phi) is 3.08. The molecule has 3 N–H and O–H groups in total. The van der Waals surface area contributed by atoms with Crippen LogP contribution in [0.2, 0.25) is 0 Å². The first-order chi connectivity index (χ1) is 7.22. The molecule has 0 radical (unpaired) electrons. The van der Waals surface area contributed by atoms with Crippen LogP contribution < -0.4 is 11.3 Å². The molecule has 1 aliphatic rings. The van der Waals surface area contributed by atoms with Gasteiger partial charge in [-0.2, -0.15) is 0 Å². The molecule has 0 bridgehead atoms. The van der Waals surface area contributed by atoms with Crippen molar-refractivity contribution < 1.29 is 0 Å². The lowest BCUT2D eigenvalue weighted by Crippen LogP contribution is -2.39. The van der Waals surface area contributed by atoms with E-state index in [0.29, 0.717) is 6.04 Å². The maximum atomic E-state index is 5.62. The van der Waals surface area contributed by atoms with Gasteiger partial charge in [0.25, 0.3) is 0 Å². The van der Waals surface area contributed by atoms with E-state index in [4.69, 9.17) is 5.84 Å². The topological polar surface area (TPSA) is 38.0 Å². The predicted molar refractivity (Wildman–Crippen MR) is 63.3 cm³/mol. The fourth-order valence-electron chi connectivity index (χ4n) is 2.32. The van der Waals surface area contributed by atoms with Crippen LogP contribution in [0.15, 0.2) is 24.3 Å². The Balaban J connectivity index is 2.03. The quantitative estimate of drug-likeness (QED) is 0.581. The van der Waals surface area contributed by atoms with Crippen molar-refractivity contribution in [2.45, 2.75) is 32.7 Å². The highest BCUT2D eigenvalue weighted by Crippen LogP contribution is 2.41. The van der Waals surface area contributed by atoms with Gasteiger partial charge in [-0.1, -0.05) is 31.2 Å². The van der Waals surface area contributed by atoms with Crippen molar-refractivity contribution in [3.05, 3.63) is 35.4 Å². The number of nitrogens with two attached hydrogens (primary N) is 1. The van der Waals surface area contributed by atoms with Gasteiger partial charge in [0.2, 0.25) is 0 Å². The molecule has 1 aliphatic carbocycles. The standard InChI is InChI=1S/C13H20N2/c1-9-5-3-4-6-11(9)8-13(15-14)12-7-10(12)2/h3-6,10,12-13,15H,7-8,14H2,1-2H3. The molecule has 2 nitrogen and oxygen atoms in total. The van der Waals surface area contributed by atoms with Crippen LogP contribution in [0.1, 0.15) is 24.5 Å². The Morgan fingerprint density at radius 1 is 1.47 bits per heavy atom. The molecule has 1 saturated carbocycles. The van der Waals surface area contributed by atoms with Crippen molar-refractivity contribution in [3.63, 3.8) is 0 Å². The molecule has 0 spiro atoms. The zero-order valence-corrected chi connectivity index (χ0v) is 9.53. The minimum atomic E-state index is 0.445. The largest absolute Gasteiger partial charge is 0.271 e. The summed E-state index contributed by atoms with van der Waals surface area (Å²) in [6.45, 7) is 4.46. The minimum absolute atomic E-state index is 0.445. The normalized spacial score (nSPS) is 26.3. The average Bonchev–Trinajstić information content (AvgIpc) is 2.94. The molecule has 0 amide bonds. The number of benzene rings is 1. The second-order valence-electron chi connectivity index (χ2n) is 4.78. The molecule has 0 aromatic heterocycles. The van der Waals surface area contributed by atoms with Crippen LogP contribution in [-0.2, 0) is 6.42 Å². The second kappa shape index (κ2) is 4.33. The van der Waals surface area contributed by atoms with Gasteiger partial charge in [0.1, 0.15) is 0 Å². The van der Waals surface area contributed by atoms with E-state index in [2.05, 4.69) is 43.5 Å². The highest BCUT2D eigenvalue weighted by molar-refractivity contribution is 5.26. The summed E-state index contributed by atoms with van der Waals surface area (Å²) in [6.07, 6.45) is 2.37. The lowest BCUT2D eigenvalue weighted by atomic mass is 9.98. The van der Waals surface area contributed by atoms with E-state index < -0.39 is 0 Å². The van der Waals surface area contributed by atoms with Crippen LogP contribution in [0, 0.1) is 18.8 Å². The summed E-state index contributed by atoms with van der Waals surface area (Å²) >= 11 is 0. The second-order valence-corrected chi connectivity index (χ2v) is 4.78. The first-order valence-electron chi connectivity index (χ1n) is 5.73. The van der Waals surface area contributed by atoms with Crippen molar-refractivity contribution in [1.29, 1.82) is 0 Å². The summed E-state index contributed by atoms with van der Waals surface area (Å²) < 4.78 is 0. The van der Waals surface area contributed by atoms with Crippen LogP contribution in [0.25, 0.3) is 0 Å². The highest BCUT2D eigenvalue weighted by atomic mass is 15.2. The smallest absolute Gasteiger partial charge is 0.0281 e. The van der Waals surface area contributed by atoms with E-state index in [1.54, 1.807) is 0 Å². The van der Waals surface area contributed by atoms with Gasteiger partial charge in [-0.25, -0.2) is 0 Å². The van der Waals surface area contributed by atoms with Crippen molar-refractivity contribution in [3.8, 4) is 0 Å². The summed E-state index contributed by atoms with van der Waals surface area (Å²) in [7, 11) is 0. The molecule has 0 aliphatic heterocycles. The van der Waals surface area contributed by atoms with Crippen LogP contribution >= 0.6 is 0 Å². The molecular weight excluding hydrogens is 184 g/mol. The van der Waals surface area contributed by atoms with Crippen molar-refractivity contribution in [2.24, 2.45) is 17.7 Å². The first-order valence-corrected chi connectivity index (χ1v) is 5.73. The third-order valence-corrected chi connectivity index (χ3v) is 3.60. The zero-order chi connectivity index (χ0) is 10.8. The summed E-state index contributed by atoms with van der Waals surface area (Å²) in [6, 6.07) is 9.00. The zero-order valence-electron chi connectivity index (χ0n) is 9.53. The Labute approximate surface area is 91.8 Å². The van der Waals surface area contributed by atoms with Crippen LogP contribution in [0.3, 0.4) is 0 Å². The third kappa shape index (κ3) is 2.39. The van der Waals surface area contributed by atoms with Crippen molar-refractivity contribution in [2.75, 3.05) is 0 Å². The number of hydrazine groups is 1. The summed E-state index contributed by atoms with van der Waals surface area (Å²) in [5.74, 6) is 7.24. The summed E-state index contributed by atoms with van der Waals surface area (Å²) in [4.78, 5) is 0. The van der Waals surface area contributed by atoms with Crippen LogP contribution in [-0.4, -0.2) is 6.04 Å². The summed E-state index contributed by atoms with van der Waals surface area (Å²) in [5, 5.41) is 0. The van der Waals surface area contributed by atoms with Gasteiger partial charge in [0, 0.05) is 6.04 Å². The number of aryl methyl sites for hydroxylation is 1. The lowest BCUT2D eigenvalue weighted by molar-refractivity contribution is 0.453. The van der Waals surface area contributed by atoms with Crippen molar-refractivity contribution >= 4 is 0 Å². The van der Waals surface area contributed by atoms with E-state index in [1.807, 2.05) is 0 Å². The fraction of sp³-hybridized carbons (Fsp3) is 0.538. The van der Waals surface area contributed by atoms with E-state index in [9.17, 15) is 0 Å². The maximum Gasteiger partial charge on any atom is 0.0281 e. The lowest BCUT2D eigenvalue weighted by Gasteiger charge is -2.16.